The number of aromatic nitrogens is 1. The summed E-state index contributed by atoms with van der Waals surface area (Å²) in [6.45, 7) is 1.66. The topological polar surface area (TPSA) is 45.9 Å². The van der Waals surface area contributed by atoms with Crippen LogP contribution in [0.2, 0.25) is 0 Å². The van der Waals surface area contributed by atoms with E-state index in [0.29, 0.717) is 17.2 Å². The highest BCUT2D eigenvalue weighted by atomic mass is 19.2. The monoisotopic (exact) mass is 264 g/mol. The highest BCUT2D eigenvalue weighted by Crippen LogP contribution is 2.27. The van der Waals surface area contributed by atoms with E-state index < -0.39 is 23.5 Å². The lowest BCUT2D eigenvalue weighted by atomic mass is 10.1. The predicted molar refractivity (Wildman–Crippen MR) is 60.1 cm³/mol. The first-order valence-electron chi connectivity index (χ1n) is 5.21. The van der Waals surface area contributed by atoms with Gasteiger partial charge in [0, 0.05) is 6.07 Å². The van der Waals surface area contributed by atoms with Gasteiger partial charge >= 0.3 is 0 Å². The molecular weight excluding hydrogens is 257 g/mol. The minimum Gasteiger partial charge on any atom is -0.436 e. The first-order chi connectivity index (χ1) is 9.01. The molecule has 0 N–H and O–H groups in total. The van der Waals surface area contributed by atoms with E-state index in [1.807, 2.05) is 6.07 Å². The molecule has 0 amide bonds. The van der Waals surface area contributed by atoms with Crippen LogP contribution in [-0.2, 0) is 0 Å². The van der Waals surface area contributed by atoms with E-state index in [9.17, 15) is 13.2 Å². The fourth-order valence-electron chi connectivity index (χ4n) is 1.38. The van der Waals surface area contributed by atoms with Crippen molar-refractivity contribution in [2.24, 2.45) is 0 Å². The van der Waals surface area contributed by atoms with E-state index in [0.717, 1.165) is 0 Å². The second kappa shape index (κ2) is 4.98. The molecule has 0 aliphatic carbocycles. The molecule has 0 fully saturated rings. The number of nitriles is 1. The van der Waals surface area contributed by atoms with Crippen LogP contribution in [0.5, 0.6) is 11.6 Å². The van der Waals surface area contributed by atoms with Crippen molar-refractivity contribution in [1.29, 1.82) is 5.26 Å². The molecule has 1 heterocycles. The Hall–Kier alpha value is -2.55. The molecule has 3 nitrogen and oxygen atoms in total. The molecule has 0 spiro atoms. The Morgan fingerprint density at radius 1 is 1.16 bits per heavy atom. The van der Waals surface area contributed by atoms with Crippen molar-refractivity contribution in [2.75, 3.05) is 0 Å². The molecule has 0 aliphatic heterocycles. The fraction of sp³-hybridized carbons (Fsp3) is 0.0769. The van der Waals surface area contributed by atoms with E-state index in [-0.39, 0.29) is 5.75 Å². The Morgan fingerprint density at radius 3 is 2.58 bits per heavy atom. The Kier molecular flexibility index (Phi) is 3.38. The summed E-state index contributed by atoms with van der Waals surface area (Å²) in [6, 6.07) is 6.74. The Morgan fingerprint density at radius 2 is 1.89 bits per heavy atom. The van der Waals surface area contributed by atoms with Crippen LogP contribution in [0.15, 0.2) is 24.3 Å². The number of pyridine rings is 1. The van der Waals surface area contributed by atoms with Gasteiger partial charge in [0.05, 0.1) is 11.6 Å². The average molecular weight is 264 g/mol. The van der Waals surface area contributed by atoms with Gasteiger partial charge in [-0.15, -0.1) is 0 Å². The Balaban J connectivity index is 2.42. The molecule has 0 saturated heterocycles. The van der Waals surface area contributed by atoms with E-state index in [1.165, 1.54) is 6.07 Å². The lowest BCUT2D eigenvalue weighted by molar-refractivity contribution is 0.385. The van der Waals surface area contributed by atoms with Crippen LogP contribution in [-0.4, -0.2) is 4.98 Å². The number of aryl methyl sites for hydroxylation is 1. The maximum Gasteiger partial charge on any atom is 0.258 e. The maximum absolute atomic E-state index is 13.4. The van der Waals surface area contributed by atoms with Gasteiger partial charge < -0.3 is 4.74 Å². The van der Waals surface area contributed by atoms with Crippen molar-refractivity contribution < 1.29 is 17.9 Å². The summed E-state index contributed by atoms with van der Waals surface area (Å²) in [5.41, 5.74) is 0.897. The summed E-state index contributed by atoms with van der Waals surface area (Å²) in [6.07, 6.45) is 0. The molecule has 0 radical (unpaired) electrons. The first kappa shape index (κ1) is 12.9. The lowest BCUT2D eigenvalue weighted by Gasteiger charge is -2.08. The molecule has 1 aromatic carbocycles. The quantitative estimate of drug-likeness (QED) is 0.780. The Labute approximate surface area is 106 Å². The Bertz CT molecular complexity index is 680. The lowest BCUT2D eigenvalue weighted by Crippen LogP contribution is -1.99. The summed E-state index contributed by atoms with van der Waals surface area (Å²) < 4.78 is 44.1. The predicted octanol–water partition coefficient (Wildman–Crippen LogP) is 3.47. The van der Waals surface area contributed by atoms with E-state index in [4.69, 9.17) is 10.00 Å². The van der Waals surface area contributed by atoms with Gasteiger partial charge in [-0.1, -0.05) is 6.07 Å². The average Bonchev–Trinajstić information content (AvgIpc) is 2.38. The molecule has 0 aliphatic rings. The van der Waals surface area contributed by atoms with Crippen LogP contribution < -0.4 is 4.74 Å². The number of ether oxygens (including phenoxy) is 1. The van der Waals surface area contributed by atoms with Crippen molar-refractivity contribution in [3.8, 4) is 17.7 Å². The molecule has 6 heteroatoms. The third kappa shape index (κ3) is 2.65. The van der Waals surface area contributed by atoms with Crippen LogP contribution in [0.4, 0.5) is 13.2 Å². The molecule has 0 saturated carbocycles. The van der Waals surface area contributed by atoms with Crippen molar-refractivity contribution in [3.63, 3.8) is 0 Å². The van der Waals surface area contributed by atoms with Gasteiger partial charge in [-0.3, -0.25) is 0 Å². The van der Waals surface area contributed by atoms with Crippen LogP contribution in [0.1, 0.15) is 11.1 Å². The fourth-order valence-corrected chi connectivity index (χ4v) is 1.38. The van der Waals surface area contributed by atoms with Crippen LogP contribution >= 0.6 is 0 Å². The van der Waals surface area contributed by atoms with Gasteiger partial charge in [-0.05, 0) is 24.6 Å². The van der Waals surface area contributed by atoms with Crippen molar-refractivity contribution >= 4 is 0 Å². The summed E-state index contributed by atoms with van der Waals surface area (Å²) in [5, 5.41) is 8.75. The van der Waals surface area contributed by atoms with Gasteiger partial charge in [0.25, 0.3) is 11.8 Å². The first-order valence-corrected chi connectivity index (χ1v) is 5.21. The molecular formula is C13H7F3N2O. The van der Waals surface area contributed by atoms with E-state index >= 15 is 0 Å². The molecule has 0 atom stereocenters. The third-order valence-corrected chi connectivity index (χ3v) is 2.38. The standard InChI is InChI=1S/C13H7F3N2O/c1-7-2-3-8(6-17)4-11(7)19-13-10(15)5-9(14)12(16)18-13/h2-5H,1H3. The van der Waals surface area contributed by atoms with Gasteiger partial charge in [0.2, 0.25) is 0 Å². The number of benzene rings is 1. The van der Waals surface area contributed by atoms with Gasteiger partial charge in [-0.25, -0.2) is 8.78 Å². The molecule has 0 bridgehead atoms. The molecule has 2 rings (SSSR count). The summed E-state index contributed by atoms with van der Waals surface area (Å²) in [4.78, 5) is 3.04. The van der Waals surface area contributed by atoms with E-state index in [2.05, 4.69) is 4.98 Å². The van der Waals surface area contributed by atoms with Crippen molar-refractivity contribution in [3.05, 3.63) is 53.0 Å². The van der Waals surface area contributed by atoms with Crippen molar-refractivity contribution in [2.45, 2.75) is 6.92 Å². The number of hydrogen-bond acceptors (Lipinski definition) is 3. The van der Waals surface area contributed by atoms with Gasteiger partial charge in [0.1, 0.15) is 5.75 Å². The van der Waals surface area contributed by atoms with E-state index in [1.54, 1.807) is 19.1 Å². The molecule has 2 aromatic rings. The van der Waals surface area contributed by atoms with Crippen LogP contribution in [0.25, 0.3) is 0 Å². The summed E-state index contributed by atoms with van der Waals surface area (Å²) in [5.74, 6) is -4.51. The molecule has 0 unspecified atom stereocenters. The minimum atomic E-state index is -1.45. The normalized spacial score (nSPS) is 10.1. The summed E-state index contributed by atoms with van der Waals surface area (Å²) >= 11 is 0. The number of rotatable bonds is 2. The second-order valence-electron chi connectivity index (χ2n) is 3.74. The zero-order valence-electron chi connectivity index (χ0n) is 9.75. The number of nitrogens with zero attached hydrogens (tertiary/aromatic N) is 2. The highest BCUT2D eigenvalue weighted by Gasteiger charge is 2.14. The third-order valence-electron chi connectivity index (χ3n) is 2.38. The SMILES string of the molecule is Cc1ccc(C#N)cc1Oc1nc(F)c(F)cc1F. The van der Waals surface area contributed by atoms with Crippen molar-refractivity contribution in [1.82, 2.24) is 4.98 Å². The number of halogens is 3. The minimum absolute atomic E-state index is 0.149. The largest absolute Gasteiger partial charge is 0.436 e. The molecule has 19 heavy (non-hydrogen) atoms. The van der Waals surface area contributed by atoms with Gasteiger partial charge in [-0.2, -0.15) is 14.6 Å². The molecule has 96 valence electrons. The van der Waals surface area contributed by atoms with Gasteiger partial charge in [0.15, 0.2) is 11.6 Å². The maximum atomic E-state index is 13.4. The summed E-state index contributed by atoms with van der Waals surface area (Å²) in [7, 11) is 0. The zero-order valence-corrected chi connectivity index (χ0v) is 9.75. The second-order valence-corrected chi connectivity index (χ2v) is 3.74. The zero-order chi connectivity index (χ0) is 14.0. The van der Waals surface area contributed by atoms with Crippen LogP contribution in [0.3, 0.4) is 0 Å². The number of hydrogen-bond donors (Lipinski definition) is 0. The van der Waals surface area contributed by atoms with Crippen LogP contribution in [0, 0.1) is 35.8 Å². The highest BCUT2D eigenvalue weighted by molar-refractivity contribution is 5.43. The molecule has 1 aromatic heterocycles. The smallest absolute Gasteiger partial charge is 0.258 e.